The van der Waals surface area contributed by atoms with Gasteiger partial charge in [0.25, 0.3) is 0 Å². The zero-order valence-electron chi connectivity index (χ0n) is 12.8. The Morgan fingerprint density at radius 1 is 1.38 bits per heavy atom. The topological polar surface area (TPSA) is 40.5 Å². The van der Waals surface area contributed by atoms with E-state index in [0.717, 1.165) is 18.7 Å². The van der Waals surface area contributed by atoms with Crippen molar-refractivity contribution in [3.05, 3.63) is 35.6 Å². The van der Waals surface area contributed by atoms with Gasteiger partial charge in [-0.05, 0) is 57.3 Å². The summed E-state index contributed by atoms with van der Waals surface area (Å²) in [5, 5.41) is 9.42. The Bertz CT molecular complexity index is 495. The maximum absolute atomic E-state index is 13.7. The molecule has 0 saturated carbocycles. The van der Waals surface area contributed by atoms with Crippen LogP contribution >= 0.6 is 0 Å². The fourth-order valence-electron chi connectivity index (χ4n) is 3.22. The van der Waals surface area contributed by atoms with Crippen molar-refractivity contribution in [2.24, 2.45) is 5.41 Å². The molecule has 0 aromatic heterocycles. The molecule has 1 saturated heterocycles. The van der Waals surface area contributed by atoms with Gasteiger partial charge in [0, 0.05) is 6.04 Å². The second-order valence-corrected chi connectivity index (χ2v) is 6.12. The predicted octanol–water partition coefficient (Wildman–Crippen LogP) is 3.33. The molecule has 116 valence electrons. The average Bonchev–Trinajstić information content (AvgIpc) is 2.49. The standard InChI is InChI=1S/C17H24FNO2/c1-3-17(16(20)21)8-10-19(11-9-17)13(2)12-14-6-4-5-7-15(14)18/h4-7,13H,3,8-12H2,1-2H3,(H,20,21). The van der Waals surface area contributed by atoms with Crippen LogP contribution in [0.1, 0.15) is 38.7 Å². The van der Waals surface area contributed by atoms with Gasteiger partial charge >= 0.3 is 5.97 Å². The highest BCUT2D eigenvalue weighted by Crippen LogP contribution is 2.35. The van der Waals surface area contributed by atoms with Gasteiger partial charge in [0.05, 0.1) is 5.41 Å². The molecular weight excluding hydrogens is 269 g/mol. The van der Waals surface area contributed by atoms with Crippen molar-refractivity contribution in [1.29, 1.82) is 0 Å². The molecule has 1 heterocycles. The molecule has 1 aromatic carbocycles. The van der Waals surface area contributed by atoms with Gasteiger partial charge in [-0.25, -0.2) is 4.39 Å². The highest BCUT2D eigenvalue weighted by Gasteiger charge is 2.40. The Morgan fingerprint density at radius 2 is 2.00 bits per heavy atom. The highest BCUT2D eigenvalue weighted by atomic mass is 19.1. The summed E-state index contributed by atoms with van der Waals surface area (Å²) in [5.41, 5.74) is 0.171. The smallest absolute Gasteiger partial charge is 0.309 e. The van der Waals surface area contributed by atoms with Crippen LogP contribution in [-0.4, -0.2) is 35.1 Å². The molecule has 1 atom stereocenters. The second kappa shape index (κ2) is 6.56. The number of carboxylic acid groups (broad SMARTS) is 1. The second-order valence-electron chi connectivity index (χ2n) is 6.12. The summed E-state index contributed by atoms with van der Waals surface area (Å²) in [6.07, 6.45) is 2.71. The molecule has 0 bridgehead atoms. The van der Waals surface area contributed by atoms with Crippen LogP contribution in [0.2, 0.25) is 0 Å². The van der Waals surface area contributed by atoms with Gasteiger partial charge in [0.15, 0.2) is 0 Å². The lowest BCUT2D eigenvalue weighted by Crippen LogP contribution is -2.47. The van der Waals surface area contributed by atoms with Gasteiger partial charge in [-0.15, -0.1) is 0 Å². The number of nitrogens with zero attached hydrogens (tertiary/aromatic N) is 1. The monoisotopic (exact) mass is 293 g/mol. The number of halogens is 1. The number of rotatable bonds is 5. The van der Waals surface area contributed by atoms with E-state index in [1.165, 1.54) is 6.07 Å². The third-order valence-corrected chi connectivity index (χ3v) is 4.98. The maximum atomic E-state index is 13.7. The number of carboxylic acids is 1. The Hall–Kier alpha value is -1.42. The molecule has 1 aliphatic heterocycles. The van der Waals surface area contributed by atoms with Crippen LogP contribution in [0, 0.1) is 11.2 Å². The van der Waals surface area contributed by atoms with Gasteiger partial charge in [-0.3, -0.25) is 4.79 Å². The van der Waals surface area contributed by atoms with Crippen molar-refractivity contribution in [1.82, 2.24) is 4.90 Å². The van der Waals surface area contributed by atoms with Gasteiger partial charge in [0.1, 0.15) is 5.82 Å². The molecule has 1 N–H and O–H groups in total. The fraction of sp³-hybridized carbons (Fsp3) is 0.588. The summed E-state index contributed by atoms with van der Waals surface area (Å²) in [4.78, 5) is 13.7. The molecular formula is C17H24FNO2. The van der Waals surface area contributed by atoms with Gasteiger partial charge in [-0.2, -0.15) is 0 Å². The van der Waals surface area contributed by atoms with Crippen LogP contribution in [0.3, 0.4) is 0 Å². The minimum Gasteiger partial charge on any atom is -0.481 e. The summed E-state index contributed by atoms with van der Waals surface area (Å²) in [7, 11) is 0. The molecule has 0 spiro atoms. The number of benzene rings is 1. The summed E-state index contributed by atoms with van der Waals surface area (Å²) < 4.78 is 13.7. The molecule has 1 aromatic rings. The van der Waals surface area contributed by atoms with Crippen molar-refractivity contribution < 1.29 is 14.3 Å². The molecule has 1 fully saturated rings. The third-order valence-electron chi connectivity index (χ3n) is 4.98. The van der Waals surface area contributed by atoms with Crippen LogP contribution in [0.5, 0.6) is 0 Å². The SMILES string of the molecule is CCC1(C(=O)O)CCN(C(C)Cc2ccccc2F)CC1. The maximum Gasteiger partial charge on any atom is 0.309 e. The zero-order chi connectivity index (χ0) is 15.5. The van der Waals surface area contributed by atoms with Crippen molar-refractivity contribution in [2.75, 3.05) is 13.1 Å². The molecule has 3 nitrogen and oxygen atoms in total. The fourth-order valence-corrected chi connectivity index (χ4v) is 3.22. The van der Waals surface area contributed by atoms with E-state index in [2.05, 4.69) is 11.8 Å². The predicted molar refractivity (Wildman–Crippen MR) is 80.7 cm³/mol. The van der Waals surface area contributed by atoms with E-state index in [4.69, 9.17) is 0 Å². The minimum atomic E-state index is -0.675. The molecule has 0 amide bonds. The van der Waals surface area contributed by atoms with Crippen LogP contribution < -0.4 is 0 Å². The normalized spacial score (nSPS) is 20.1. The van der Waals surface area contributed by atoms with Crippen LogP contribution in [0.15, 0.2) is 24.3 Å². The van der Waals surface area contributed by atoms with Gasteiger partial charge in [0.2, 0.25) is 0 Å². The molecule has 2 rings (SSSR count). The van der Waals surface area contributed by atoms with E-state index in [-0.39, 0.29) is 11.9 Å². The zero-order valence-corrected chi connectivity index (χ0v) is 12.8. The van der Waals surface area contributed by atoms with E-state index in [9.17, 15) is 14.3 Å². The van der Waals surface area contributed by atoms with Crippen molar-refractivity contribution in [3.63, 3.8) is 0 Å². The number of aliphatic carboxylic acids is 1. The summed E-state index contributed by atoms with van der Waals surface area (Å²) >= 11 is 0. The molecule has 4 heteroatoms. The van der Waals surface area contributed by atoms with Crippen LogP contribution in [-0.2, 0) is 11.2 Å². The first-order valence-corrected chi connectivity index (χ1v) is 7.69. The van der Waals surface area contributed by atoms with E-state index >= 15 is 0 Å². The largest absolute Gasteiger partial charge is 0.481 e. The lowest BCUT2D eigenvalue weighted by Gasteiger charge is -2.41. The molecule has 0 radical (unpaired) electrons. The van der Waals surface area contributed by atoms with E-state index in [1.54, 1.807) is 6.07 Å². The minimum absolute atomic E-state index is 0.158. The Morgan fingerprint density at radius 3 is 2.52 bits per heavy atom. The summed E-state index contributed by atoms with van der Waals surface area (Å²) in [5.74, 6) is -0.832. The number of likely N-dealkylation sites (tertiary alicyclic amines) is 1. The Kier molecular flexibility index (Phi) is 4.99. The van der Waals surface area contributed by atoms with Gasteiger partial charge in [-0.1, -0.05) is 25.1 Å². The van der Waals surface area contributed by atoms with Crippen molar-refractivity contribution in [3.8, 4) is 0 Å². The number of hydrogen-bond donors (Lipinski definition) is 1. The first-order chi connectivity index (χ1) is 9.98. The highest BCUT2D eigenvalue weighted by molar-refractivity contribution is 5.74. The summed E-state index contributed by atoms with van der Waals surface area (Å²) in [6.45, 7) is 5.59. The Labute approximate surface area is 125 Å². The number of piperidine rings is 1. The first-order valence-electron chi connectivity index (χ1n) is 7.69. The van der Waals surface area contributed by atoms with Crippen LogP contribution in [0.4, 0.5) is 4.39 Å². The lowest BCUT2D eigenvalue weighted by molar-refractivity contribution is -0.152. The first kappa shape index (κ1) is 16.0. The van der Waals surface area contributed by atoms with Gasteiger partial charge < -0.3 is 10.0 Å². The number of hydrogen-bond acceptors (Lipinski definition) is 2. The average molecular weight is 293 g/mol. The Balaban J connectivity index is 1.96. The van der Waals surface area contributed by atoms with Crippen molar-refractivity contribution >= 4 is 5.97 Å². The quantitative estimate of drug-likeness (QED) is 0.905. The molecule has 1 aliphatic rings. The molecule has 0 aliphatic carbocycles. The van der Waals surface area contributed by atoms with E-state index < -0.39 is 11.4 Å². The summed E-state index contributed by atoms with van der Waals surface area (Å²) in [6, 6.07) is 7.10. The molecule has 21 heavy (non-hydrogen) atoms. The van der Waals surface area contributed by atoms with Crippen LogP contribution in [0.25, 0.3) is 0 Å². The number of carbonyl (C=O) groups is 1. The third kappa shape index (κ3) is 3.43. The van der Waals surface area contributed by atoms with E-state index in [0.29, 0.717) is 25.7 Å². The lowest BCUT2D eigenvalue weighted by atomic mass is 9.76. The van der Waals surface area contributed by atoms with Crippen molar-refractivity contribution in [2.45, 2.75) is 45.6 Å². The van der Waals surface area contributed by atoms with E-state index in [1.807, 2.05) is 19.1 Å². The molecule has 1 unspecified atom stereocenters.